The van der Waals surface area contributed by atoms with Crippen LogP contribution >= 0.6 is 0 Å². The summed E-state index contributed by atoms with van der Waals surface area (Å²) in [5.41, 5.74) is 3.16. The van der Waals surface area contributed by atoms with Crippen LogP contribution in [0.2, 0.25) is 0 Å². The average molecular weight is 245 g/mol. The quantitative estimate of drug-likeness (QED) is 0.898. The van der Waals surface area contributed by atoms with Gasteiger partial charge in [-0.05, 0) is 26.0 Å². The molecule has 0 fully saturated rings. The zero-order chi connectivity index (χ0) is 13.1. The van der Waals surface area contributed by atoms with Gasteiger partial charge in [0, 0.05) is 30.4 Å². The molecule has 18 heavy (non-hydrogen) atoms. The highest BCUT2D eigenvalue weighted by molar-refractivity contribution is 5.54. The van der Waals surface area contributed by atoms with Gasteiger partial charge in [-0.25, -0.2) is 0 Å². The van der Waals surface area contributed by atoms with E-state index in [-0.39, 0.29) is 0 Å². The van der Waals surface area contributed by atoms with Crippen LogP contribution in [0.3, 0.4) is 0 Å². The smallest absolute Gasteiger partial charge is 0.105 e. The standard InChI is InChI=1S/C15H19NO2/c1-11(17)14-6-4-5-7-15(14)16(3)10-13-8-9-18-12(13)2/h4-9,11,17H,10H2,1-3H3/t11-/m0/s1. The van der Waals surface area contributed by atoms with E-state index in [0.29, 0.717) is 0 Å². The number of benzene rings is 1. The summed E-state index contributed by atoms with van der Waals surface area (Å²) in [7, 11) is 2.02. The van der Waals surface area contributed by atoms with Crippen molar-refractivity contribution in [2.45, 2.75) is 26.5 Å². The van der Waals surface area contributed by atoms with Gasteiger partial charge in [0.15, 0.2) is 0 Å². The van der Waals surface area contributed by atoms with Crippen molar-refractivity contribution in [3.63, 3.8) is 0 Å². The van der Waals surface area contributed by atoms with Gasteiger partial charge in [-0.3, -0.25) is 0 Å². The maximum Gasteiger partial charge on any atom is 0.105 e. The SMILES string of the molecule is Cc1occc1CN(C)c1ccccc1[C@H](C)O. The normalized spacial score (nSPS) is 12.4. The first kappa shape index (κ1) is 12.7. The van der Waals surface area contributed by atoms with Gasteiger partial charge in [-0.1, -0.05) is 18.2 Å². The van der Waals surface area contributed by atoms with Crippen molar-refractivity contribution in [2.24, 2.45) is 0 Å². The average Bonchev–Trinajstić information content (AvgIpc) is 2.75. The van der Waals surface area contributed by atoms with Gasteiger partial charge in [-0.2, -0.15) is 0 Å². The Balaban J connectivity index is 2.24. The first-order chi connectivity index (χ1) is 8.59. The summed E-state index contributed by atoms with van der Waals surface area (Å²) in [4.78, 5) is 2.12. The van der Waals surface area contributed by atoms with E-state index in [0.717, 1.165) is 29.1 Å². The summed E-state index contributed by atoms with van der Waals surface area (Å²) in [6, 6.07) is 9.90. The summed E-state index contributed by atoms with van der Waals surface area (Å²) in [6.07, 6.45) is 1.24. The van der Waals surface area contributed by atoms with E-state index < -0.39 is 6.10 Å². The summed E-state index contributed by atoms with van der Waals surface area (Å²) in [5, 5.41) is 9.79. The Morgan fingerprint density at radius 3 is 2.61 bits per heavy atom. The fourth-order valence-electron chi connectivity index (χ4n) is 2.10. The highest BCUT2D eigenvalue weighted by Gasteiger charge is 2.12. The molecule has 96 valence electrons. The van der Waals surface area contributed by atoms with Crippen molar-refractivity contribution < 1.29 is 9.52 Å². The molecule has 0 aliphatic heterocycles. The lowest BCUT2D eigenvalue weighted by Gasteiger charge is -2.23. The number of furan rings is 1. The number of aryl methyl sites for hydroxylation is 1. The molecule has 2 rings (SSSR count). The Hall–Kier alpha value is -1.74. The molecular formula is C15H19NO2. The minimum Gasteiger partial charge on any atom is -0.469 e. The zero-order valence-electron chi connectivity index (χ0n) is 11.1. The van der Waals surface area contributed by atoms with Crippen LogP contribution in [0.15, 0.2) is 41.0 Å². The molecule has 1 aromatic heterocycles. The molecule has 0 saturated carbocycles. The van der Waals surface area contributed by atoms with Crippen molar-refractivity contribution in [3.05, 3.63) is 53.5 Å². The second-order valence-electron chi connectivity index (χ2n) is 4.59. The van der Waals surface area contributed by atoms with Gasteiger partial charge < -0.3 is 14.4 Å². The lowest BCUT2D eigenvalue weighted by Crippen LogP contribution is -2.18. The third-order valence-corrected chi connectivity index (χ3v) is 3.17. The van der Waals surface area contributed by atoms with Crippen molar-refractivity contribution in [1.82, 2.24) is 0 Å². The van der Waals surface area contributed by atoms with Crippen LogP contribution in [0, 0.1) is 6.92 Å². The van der Waals surface area contributed by atoms with Gasteiger partial charge in [0.1, 0.15) is 5.76 Å². The summed E-state index contributed by atoms with van der Waals surface area (Å²) in [5.74, 6) is 0.941. The number of nitrogens with zero attached hydrogens (tertiary/aromatic N) is 1. The molecule has 2 aromatic rings. The summed E-state index contributed by atoms with van der Waals surface area (Å²) in [6.45, 7) is 4.52. The maximum absolute atomic E-state index is 9.79. The van der Waals surface area contributed by atoms with Crippen LogP contribution in [0.25, 0.3) is 0 Å². The lowest BCUT2D eigenvalue weighted by atomic mass is 10.1. The van der Waals surface area contributed by atoms with Crippen LogP contribution in [-0.4, -0.2) is 12.2 Å². The first-order valence-corrected chi connectivity index (χ1v) is 6.10. The summed E-state index contributed by atoms with van der Waals surface area (Å²) >= 11 is 0. The maximum atomic E-state index is 9.79. The molecule has 0 saturated heterocycles. The zero-order valence-corrected chi connectivity index (χ0v) is 11.1. The molecule has 3 heteroatoms. The van der Waals surface area contributed by atoms with Crippen LogP contribution in [0.4, 0.5) is 5.69 Å². The van der Waals surface area contributed by atoms with E-state index in [1.54, 1.807) is 13.2 Å². The van der Waals surface area contributed by atoms with Crippen LogP contribution in [0.5, 0.6) is 0 Å². The predicted molar refractivity (Wildman–Crippen MR) is 72.6 cm³/mol. The van der Waals surface area contributed by atoms with Crippen LogP contribution in [0.1, 0.15) is 29.9 Å². The highest BCUT2D eigenvalue weighted by atomic mass is 16.3. The number of para-hydroxylation sites is 1. The van der Waals surface area contributed by atoms with Crippen molar-refractivity contribution in [3.8, 4) is 0 Å². The number of aliphatic hydroxyl groups is 1. The molecule has 3 nitrogen and oxygen atoms in total. The summed E-state index contributed by atoms with van der Waals surface area (Å²) < 4.78 is 5.30. The predicted octanol–water partition coefficient (Wildman–Crippen LogP) is 3.28. The molecular weight excluding hydrogens is 226 g/mol. The van der Waals surface area contributed by atoms with E-state index in [1.165, 1.54) is 0 Å². The fourth-order valence-corrected chi connectivity index (χ4v) is 2.10. The minimum absolute atomic E-state index is 0.464. The number of hydrogen-bond acceptors (Lipinski definition) is 3. The number of hydrogen-bond donors (Lipinski definition) is 1. The first-order valence-electron chi connectivity index (χ1n) is 6.10. The van der Waals surface area contributed by atoms with Crippen molar-refractivity contribution in [2.75, 3.05) is 11.9 Å². The molecule has 1 N–H and O–H groups in total. The molecule has 0 unspecified atom stereocenters. The van der Waals surface area contributed by atoms with E-state index in [2.05, 4.69) is 4.90 Å². The van der Waals surface area contributed by atoms with Gasteiger partial charge in [0.2, 0.25) is 0 Å². The van der Waals surface area contributed by atoms with Crippen LogP contribution < -0.4 is 4.90 Å². The van der Waals surface area contributed by atoms with Crippen LogP contribution in [-0.2, 0) is 6.54 Å². The second kappa shape index (κ2) is 5.27. The Morgan fingerprint density at radius 2 is 2.00 bits per heavy atom. The topological polar surface area (TPSA) is 36.6 Å². The number of rotatable bonds is 4. The number of aliphatic hydroxyl groups excluding tert-OH is 1. The third kappa shape index (κ3) is 2.57. The molecule has 0 radical (unpaired) electrons. The fraction of sp³-hybridized carbons (Fsp3) is 0.333. The van der Waals surface area contributed by atoms with Gasteiger partial charge in [-0.15, -0.1) is 0 Å². The Morgan fingerprint density at radius 1 is 1.28 bits per heavy atom. The molecule has 1 aromatic carbocycles. The molecule has 0 bridgehead atoms. The Kier molecular flexibility index (Phi) is 3.72. The molecule has 0 aliphatic carbocycles. The molecule has 0 amide bonds. The molecule has 1 atom stereocenters. The van der Waals surface area contributed by atoms with E-state index in [9.17, 15) is 5.11 Å². The van der Waals surface area contributed by atoms with Crippen molar-refractivity contribution in [1.29, 1.82) is 0 Å². The molecule has 0 aliphatic rings. The Labute approximate surface area is 108 Å². The monoisotopic (exact) mass is 245 g/mol. The lowest BCUT2D eigenvalue weighted by molar-refractivity contribution is 0.199. The van der Waals surface area contributed by atoms with E-state index in [4.69, 9.17) is 4.42 Å². The minimum atomic E-state index is -0.464. The van der Waals surface area contributed by atoms with Crippen molar-refractivity contribution >= 4 is 5.69 Å². The second-order valence-corrected chi connectivity index (χ2v) is 4.59. The largest absolute Gasteiger partial charge is 0.469 e. The van der Waals surface area contributed by atoms with Gasteiger partial charge in [0.25, 0.3) is 0 Å². The molecule has 0 spiro atoms. The van der Waals surface area contributed by atoms with E-state index >= 15 is 0 Å². The van der Waals surface area contributed by atoms with Gasteiger partial charge >= 0.3 is 0 Å². The third-order valence-electron chi connectivity index (χ3n) is 3.17. The number of anilines is 1. The highest BCUT2D eigenvalue weighted by Crippen LogP contribution is 2.26. The van der Waals surface area contributed by atoms with E-state index in [1.807, 2.05) is 44.3 Å². The Bertz CT molecular complexity index is 517. The molecule has 1 heterocycles. The van der Waals surface area contributed by atoms with Gasteiger partial charge in [0.05, 0.1) is 12.4 Å².